The summed E-state index contributed by atoms with van der Waals surface area (Å²) in [4.78, 5) is 22.7. The van der Waals surface area contributed by atoms with E-state index in [4.69, 9.17) is 14.5 Å². The monoisotopic (exact) mass is 619 g/mol. The molecule has 3 aliphatic rings. The summed E-state index contributed by atoms with van der Waals surface area (Å²) in [5.41, 5.74) is 1.78. The van der Waals surface area contributed by atoms with Gasteiger partial charge in [0.25, 0.3) is 0 Å². The molecule has 3 unspecified atom stereocenters. The van der Waals surface area contributed by atoms with Crippen LogP contribution in [0.25, 0.3) is 0 Å². The highest BCUT2D eigenvalue weighted by Gasteiger charge is 2.51. The molecule has 3 atom stereocenters. The van der Waals surface area contributed by atoms with Crippen LogP contribution in [-0.2, 0) is 21.6 Å². The smallest absolute Gasteiger partial charge is 0.438 e. The Morgan fingerprint density at radius 2 is 1.61 bits per heavy atom. The quantitative estimate of drug-likeness (QED) is 0.211. The van der Waals surface area contributed by atoms with E-state index in [0.717, 1.165) is 24.5 Å². The molecule has 1 aliphatic heterocycles. The van der Waals surface area contributed by atoms with E-state index in [1.165, 1.54) is 82.4 Å². The molecule has 6 nitrogen and oxygen atoms in total. The number of hydrogen-bond acceptors (Lipinski definition) is 7. The summed E-state index contributed by atoms with van der Waals surface area (Å²) in [6.07, 6.45) is 15.9. The van der Waals surface area contributed by atoms with Gasteiger partial charge in [-0.3, -0.25) is 0 Å². The molecule has 7 heteroatoms. The van der Waals surface area contributed by atoms with Crippen LogP contribution in [0.3, 0.4) is 0 Å². The first-order chi connectivity index (χ1) is 21.5. The minimum absolute atomic E-state index is 0.0391. The van der Waals surface area contributed by atoms with Crippen molar-refractivity contribution in [2.45, 2.75) is 107 Å². The first-order valence-electron chi connectivity index (χ1n) is 16.9. The highest BCUT2D eigenvalue weighted by molar-refractivity contribution is 7.98. The lowest BCUT2D eigenvalue weighted by Crippen LogP contribution is -2.54. The van der Waals surface area contributed by atoms with Crippen molar-refractivity contribution in [3.8, 4) is 0 Å². The maximum Gasteiger partial charge on any atom is 0.510 e. The van der Waals surface area contributed by atoms with Crippen LogP contribution in [0.15, 0.2) is 65.7 Å². The number of nitrogens with zero attached hydrogens (tertiary/aromatic N) is 3. The Morgan fingerprint density at radius 1 is 0.955 bits per heavy atom. The minimum Gasteiger partial charge on any atom is -0.438 e. The van der Waals surface area contributed by atoms with Crippen LogP contribution < -0.4 is 0 Å². The maximum absolute atomic E-state index is 12.7. The van der Waals surface area contributed by atoms with E-state index in [2.05, 4.69) is 78.5 Å². The standard InChI is InChI=1S/C37H53N3O3S/c1-39(2)34(24-21-29-13-7-4-8-14-29)32-22-19-30(20-23-32)25-35-37(43-36(41)42-3,27-44-26-31-15-9-5-10-16-31)38-28-40(35)33-17-11-6-12-18-33/h4-5,7-10,13-16,28,30,32-35H,6,11-12,17-27H2,1-3H3. The summed E-state index contributed by atoms with van der Waals surface area (Å²) < 4.78 is 11.3. The van der Waals surface area contributed by atoms with Crippen molar-refractivity contribution >= 4 is 24.3 Å². The Labute approximate surface area is 270 Å². The van der Waals surface area contributed by atoms with Gasteiger partial charge in [-0.1, -0.05) is 92.8 Å². The van der Waals surface area contributed by atoms with E-state index in [-0.39, 0.29) is 6.04 Å². The molecule has 44 heavy (non-hydrogen) atoms. The molecule has 0 spiro atoms. The molecule has 0 radical (unpaired) electrons. The SMILES string of the molecule is COC(=O)OC1(CSCc2ccccc2)N=CN(C2CCCCC2)C1CC1CCC(C(CCc2ccccc2)N(C)C)CC1. The van der Waals surface area contributed by atoms with Gasteiger partial charge in [-0.15, -0.1) is 0 Å². The second-order valence-electron chi connectivity index (χ2n) is 13.5. The number of carbonyl (C=O) groups is 1. The zero-order valence-corrected chi connectivity index (χ0v) is 27.9. The van der Waals surface area contributed by atoms with Crippen molar-refractivity contribution < 1.29 is 14.3 Å². The minimum atomic E-state index is -0.928. The first-order valence-corrected chi connectivity index (χ1v) is 18.0. The summed E-state index contributed by atoms with van der Waals surface area (Å²) in [6, 6.07) is 22.5. The predicted octanol–water partition coefficient (Wildman–Crippen LogP) is 8.20. The van der Waals surface area contributed by atoms with Gasteiger partial charge in [-0.25, -0.2) is 9.79 Å². The van der Waals surface area contributed by atoms with Crippen LogP contribution in [0.1, 0.15) is 81.8 Å². The van der Waals surface area contributed by atoms with Gasteiger partial charge in [0.2, 0.25) is 5.72 Å². The maximum atomic E-state index is 12.7. The fourth-order valence-electron chi connectivity index (χ4n) is 7.93. The Bertz CT molecular complexity index is 1170. The molecule has 0 aromatic heterocycles. The topological polar surface area (TPSA) is 54.4 Å². The number of ether oxygens (including phenoxy) is 2. The van der Waals surface area contributed by atoms with Gasteiger partial charge in [-0.2, -0.15) is 11.8 Å². The lowest BCUT2D eigenvalue weighted by atomic mass is 9.74. The fraction of sp³-hybridized carbons (Fsp3) is 0.622. The first kappa shape index (κ1) is 32.9. The molecule has 2 aliphatic carbocycles. The number of thioether (sulfide) groups is 1. The van der Waals surface area contributed by atoms with Crippen LogP contribution in [0, 0.1) is 11.8 Å². The highest BCUT2D eigenvalue weighted by atomic mass is 32.2. The molecule has 2 saturated carbocycles. The van der Waals surface area contributed by atoms with Gasteiger partial charge in [-0.05, 0) is 82.0 Å². The Kier molecular flexibility index (Phi) is 12.1. The van der Waals surface area contributed by atoms with Crippen molar-refractivity contribution in [1.82, 2.24) is 9.80 Å². The van der Waals surface area contributed by atoms with E-state index < -0.39 is 11.9 Å². The third kappa shape index (κ3) is 8.60. The zero-order chi connectivity index (χ0) is 30.8. The average molecular weight is 620 g/mol. The van der Waals surface area contributed by atoms with Gasteiger partial charge in [0.15, 0.2) is 0 Å². The van der Waals surface area contributed by atoms with E-state index in [9.17, 15) is 4.79 Å². The van der Waals surface area contributed by atoms with Crippen LogP contribution in [-0.4, -0.2) is 73.1 Å². The molecule has 0 bridgehead atoms. The lowest BCUT2D eigenvalue weighted by molar-refractivity contribution is -0.0501. The largest absolute Gasteiger partial charge is 0.510 e. The molecule has 1 heterocycles. The average Bonchev–Trinajstić information content (AvgIpc) is 3.40. The molecular formula is C37H53N3O3S. The van der Waals surface area contributed by atoms with Crippen LogP contribution in [0.5, 0.6) is 0 Å². The van der Waals surface area contributed by atoms with E-state index in [0.29, 0.717) is 23.8 Å². The summed E-state index contributed by atoms with van der Waals surface area (Å²) in [7, 11) is 5.91. The van der Waals surface area contributed by atoms with Crippen molar-refractivity contribution in [3.63, 3.8) is 0 Å². The van der Waals surface area contributed by atoms with Crippen molar-refractivity contribution in [3.05, 3.63) is 71.8 Å². The number of benzene rings is 2. The zero-order valence-electron chi connectivity index (χ0n) is 27.1. The predicted molar refractivity (Wildman–Crippen MR) is 182 cm³/mol. The van der Waals surface area contributed by atoms with Crippen LogP contribution >= 0.6 is 11.8 Å². The molecular weight excluding hydrogens is 566 g/mol. The van der Waals surface area contributed by atoms with Crippen molar-refractivity contribution in [1.29, 1.82) is 0 Å². The van der Waals surface area contributed by atoms with Gasteiger partial charge in [0.05, 0.1) is 25.2 Å². The number of aryl methyl sites for hydroxylation is 1. The third-order valence-corrected chi connectivity index (χ3v) is 11.5. The Balaban J connectivity index is 1.27. The molecule has 2 aromatic rings. The van der Waals surface area contributed by atoms with Crippen LogP contribution in [0.4, 0.5) is 4.79 Å². The number of methoxy groups -OCH3 is 1. The molecule has 2 fully saturated rings. The van der Waals surface area contributed by atoms with E-state index in [1.807, 2.05) is 12.4 Å². The van der Waals surface area contributed by atoms with E-state index >= 15 is 0 Å². The summed E-state index contributed by atoms with van der Waals surface area (Å²) in [5.74, 6) is 2.80. The highest BCUT2D eigenvalue weighted by Crippen LogP contribution is 2.43. The second kappa shape index (κ2) is 16.2. The van der Waals surface area contributed by atoms with Gasteiger partial charge >= 0.3 is 6.16 Å². The molecule has 0 amide bonds. The molecule has 5 rings (SSSR count). The van der Waals surface area contributed by atoms with Crippen LogP contribution in [0.2, 0.25) is 0 Å². The summed E-state index contributed by atoms with van der Waals surface area (Å²) in [6.45, 7) is 0. The van der Waals surface area contributed by atoms with Gasteiger partial charge in [0, 0.05) is 17.8 Å². The number of hydrogen-bond donors (Lipinski definition) is 0. The molecule has 0 N–H and O–H groups in total. The fourth-order valence-corrected chi connectivity index (χ4v) is 9.08. The Morgan fingerprint density at radius 3 is 2.25 bits per heavy atom. The van der Waals surface area contributed by atoms with Crippen molar-refractivity contribution in [2.75, 3.05) is 27.0 Å². The summed E-state index contributed by atoms with van der Waals surface area (Å²) in [5, 5.41) is 0. The number of aliphatic imine (C=N–C) groups is 1. The second-order valence-corrected chi connectivity index (χ2v) is 14.4. The Hall–Kier alpha value is -2.51. The number of rotatable bonds is 13. The van der Waals surface area contributed by atoms with Gasteiger partial charge in [0.1, 0.15) is 0 Å². The van der Waals surface area contributed by atoms with E-state index in [1.54, 1.807) is 11.8 Å². The molecule has 240 valence electrons. The van der Waals surface area contributed by atoms with Gasteiger partial charge < -0.3 is 19.3 Å². The molecule has 2 aromatic carbocycles. The lowest BCUT2D eigenvalue weighted by Gasteiger charge is -2.43. The normalized spacial score (nSPS) is 26.5. The third-order valence-electron chi connectivity index (χ3n) is 10.4. The summed E-state index contributed by atoms with van der Waals surface area (Å²) >= 11 is 1.80. The van der Waals surface area contributed by atoms with Crippen molar-refractivity contribution in [2.24, 2.45) is 16.8 Å². The molecule has 0 saturated heterocycles. The number of carbonyl (C=O) groups excluding carboxylic acids is 1.